The number of benzene rings is 1. The van der Waals surface area contributed by atoms with Gasteiger partial charge in [-0.05, 0) is 58.6 Å². The molecule has 3 aromatic rings. The number of thiophene rings is 2. The van der Waals surface area contributed by atoms with E-state index < -0.39 is 0 Å². The second-order valence-electron chi connectivity index (χ2n) is 6.44. The molecule has 0 bridgehead atoms. The van der Waals surface area contributed by atoms with Gasteiger partial charge in [0.2, 0.25) is 12.7 Å². The van der Waals surface area contributed by atoms with Crippen LogP contribution in [-0.4, -0.2) is 24.1 Å². The summed E-state index contributed by atoms with van der Waals surface area (Å²) in [6.45, 7) is 0.987. The Labute approximate surface area is 165 Å². The van der Waals surface area contributed by atoms with Gasteiger partial charge in [0, 0.05) is 22.4 Å². The maximum absolute atomic E-state index is 13.0. The molecule has 5 rings (SSSR count). The summed E-state index contributed by atoms with van der Waals surface area (Å²) in [4.78, 5) is 17.6. The summed E-state index contributed by atoms with van der Waals surface area (Å²) in [5, 5.41) is 4.20. The quantitative estimate of drug-likeness (QED) is 0.602. The van der Waals surface area contributed by atoms with Crippen molar-refractivity contribution in [3.8, 4) is 11.5 Å². The Hall–Kier alpha value is -2.57. The van der Waals surface area contributed by atoms with Crippen molar-refractivity contribution in [3.05, 3.63) is 74.1 Å². The maximum Gasteiger partial charge on any atom is 0.247 e. The highest BCUT2D eigenvalue weighted by atomic mass is 32.1. The molecule has 1 aromatic carbocycles. The van der Waals surface area contributed by atoms with Crippen LogP contribution in [0.1, 0.15) is 26.9 Å². The average Bonchev–Trinajstić information content (AvgIpc) is 3.45. The SMILES string of the molecule is O=C(/C=C\c1ccc2c(c1)OCO2)N1CCc2sccc2C1c1cccs1. The summed E-state index contributed by atoms with van der Waals surface area (Å²) in [7, 11) is 0. The monoisotopic (exact) mass is 395 g/mol. The molecule has 0 radical (unpaired) electrons. The van der Waals surface area contributed by atoms with Crippen molar-refractivity contribution in [2.75, 3.05) is 13.3 Å². The number of nitrogens with zero attached hydrogens (tertiary/aromatic N) is 1. The first-order valence-corrected chi connectivity index (χ1v) is 10.5. The summed E-state index contributed by atoms with van der Waals surface area (Å²) < 4.78 is 10.7. The van der Waals surface area contributed by atoms with Gasteiger partial charge >= 0.3 is 0 Å². The minimum Gasteiger partial charge on any atom is -0.454 e. The fourth-order valence-corrected chi connectivity index (χ4v) is 5.35. The van der Waals surface area contributed by atoms with Crippen LogP contribution in [0.15, 0.2) is 53.2 Å². The molecule has 0 aliphatic carbocycles. The van der Waals surface area contributed by atoms with Gasteiger partial charge in [0.05, 0.1) is 6.04 Å². The van der Waals surface area contributed by atoms with Gasteiger partial charge in [-0.1, -0.05) is 12.1 Å². The largest absolute Gasteiger partial charge is 0.454 e. The van der Waals surface area contributed by atoms with Crippen molar-refractivity contribution in [1.82, 2.24) is 4.90 Å². The summed E-state index contributed by atoms with van der Waals surface area (Å²) in [5.74, 6) is 1.50. The van der Waals surface area contributed by atoms with Gasteiger partial charge in [-0.3, -0.25) is 4.79 Å². The lowest BCUT2D eigenvalue weighted by Crippen LogP contribution is -2.38. The van der Waals surface area contributed by atoms with E-state index in [0.29, 0.717) is 0 Å². The van der Waals surface area contributed by atoms with Crippen LogP contribution in [0.25, 0.3) is 6.08 Å². The molecule has 4 heterocycles. The molecular formula is C21H17NO3S2. The normalized spacial score (nSPS) is 18.1. The van der Waals surface area contributed by atoms with Crippen LogP contribution < -0.4 is 9.47 Å². The van der Waals surface area contributed by atoms with E-state index in [-0.39, 0.29) is 18.7 Å². The first kappa shape index (κ1) is 16.6. The summed E-state index contributed by atoms with van der Waals surface area (Å²) in [6.07, 6.45) is 4.42. The molecule has 1 unspecified atom stereocenters. The number of carbonyl (C=O) groups excluding carboxylic acids is 1. The van der Waals surface area contributed by atoms with Gasteiger partial charge in [0.1, 0.15) is 0 Å². The third-order valence-electron chi connectivity index (χ3n) is 4.88. The van der Waals surface area contributed by atoms with Crippen LogP contribution in [0.3, 0.4) is 0 Å². The molecule has 0 spiro atoms. The predicted molar refractivity (Wildman–Crippen MR) is 107 cm³/mol. The Morgan fingerprint density at radius 3 is 2.93 bits per heavy atom. The number of amides is 1. The van der Waals surface area contributed by atoms with Crippen molar-refractivity contribution in [2.24, 2.45) is 0 Å². The van der Waals surface area contributed by atoms with E-state index >= 15 is 0 Å². The van der Waals surface area contributed by atoms with Crippen LogP contribution in [0.5, 0.6) is 11.5 Å². The van der Waals surface area contributed by atoms with Gasteiger partial charge in [0.15, 0.2) is 11.5 Å². The molecule has 0 fully saturated rings. The van der Waals surface area contributed by atoms with E-state index in [1.54, 1.807) is 28.7 Å². The molecule has 4 nitrogen and oxygen atoms in total. The minimum absolute atomic E-state index is 0.00824. The zero-order valence-corrected chi connectivity index (χ0v) is 16.1. The molecule has 1 amide bonds. The Morgan fingerprint density at radius 1 is 1.11 bits per heavy atom. The van der Waals surface area contributed by atoms with Gasteiger partial charge < -0.3 is 14.4 Å². The van der Waals surface area contributed by atoms with Crippen LogP contribution in [0.4, 0.5) is 0 Å². The fraction of sp³-hybridized carbons (Fsp3) is 0.190. The predicted octanol–water partition coefficient (Wildman–Crippen LogP) is 4.73. The molecule has 2 aromatic heterocycles. The lowest BCUT2D eigenvalue weighted by molar-refractivity contribution is -0.127. The highest BCUT2D eigenvalue weighted by Crippen LogP contribution is 2.39. The number of ether oxygens (including phenoxy) is 2. The highest BCUT2D eigenvalue weighted by Gasteiger charge is 2.32. The molecular weight excluding hydrogens is 378 g/mol. The molecule has 136 valence electrons. The molecule has 2 aliphatic rings. The van der Waals surface area contributed by atoms with E-state index in [9.17, 15) is 4.79 Å². The second kappa shape index (κ2) is 6.87. The first-order chi connectivity index (χ1) is 13.3. The van der Waals surface area contributed by atoms with Gasteiger partial charge in [-0.2, -0.15) is 0 Å². The minimum atomic E-state index is 0.00824. The molecule has 0 saturated heterocycles. The van der Waals surface area contributed by atoms with Crippen molar-refractivity contribution in [2.45, 2.75) is 12.5 Å². The lowest BCUT2D eigenvalue weighted by Gasteiger charge is -2.34. The van der Waals surface area contributed by atoms with Gasteiger partial charge in [0.25, 0.3) is 0 Å². The number of carbonyl (C=O) groups is 1. The topological polar surface area (TPSA) is 38.8 Å². The number of rotatable bonds is 3. The highest BCUT2D eigenvalue weighted by molar-refractivity contribution is 7.10. The van der Waals surface area contributed by atoms with Gasteiger partial charge in [-0.15, -0.1) is 22.7 Å². The Kier molecular flexibility index (Phi) is 4.22. The van der Waals surface area contributed by atoms with Crippen LogP contribution in [0.2, 0.25) is 0 Å². The van der Waals surface area contributed by atoms with Crippen LogP contribution in [0, 0.1) is 0 Å². The van der Waals surface area contributed by atoms with Crippen molar-refractivity contribution in [3.63, 3.8) is 0 Å². The van der Waals surface area contributed by atoms with E-state index in [4.69, 9.17) is 9.47 Å². The number of hydrogen-bond donors (Lipinski definition) is 0. The Morgan fingerprint density at radius 2 is 2.04 bits per heavy atom. The molecule has 0 N–H and O–H groups in total. The Balaban J connectivity index is 1.42. The summed E-state index contributed by atoms with van der Waals surface area (Å²) >= 11 is 3.49. The summed E-state index contributed by atoms with van der Waals surface area (Å²) in [5.41, 5.74) is 2.19. The third kappa shape index (κ3) is 3.05. The van der Waals surface area contributed by atoms with E-state index in [0.717, 1.165) is 30.0 Å². The molecule has 6 heteroatoms. The Bertz CT molecular complexity index is 1010. The standard InChI is InChI=1S/C21H17NO3S2/c23-20(6-4-14-3-5-16-17(12-14)25-13-24-16)22-9-7-18-15(8-11-27-18)21(22)19-2-1-10-26-19/h1-6,8,10-12,21H,7,9,13H2/b6-4-. The average molecular weight is 396 g/mol. The third-order valence-corrected chi connectivity index (χ3v) is 6.80. The number of hydrogen-bond acceptors (Lipinski definition) is 5. The zero-order valence-electron chi connectivity index (χ0n) is 14.5. The van der Waals surface area contributed by atoms with E-state index in [1.165, 1.54) is 15.3 Å². The number of fused-ring (bicyclic) bond motifs is 2. The second-order valence-corrected chi connectivity index (χ2v) is 8.42. The first-order valence-electron chi connectivity index (χ1n) is 8.77. The molecule has 2 aliphatic heterocycles. The van der Waals surface area contributed by atoms with E-state index in [1.807, 2.05) is 35.2 Å². The summed E-state index contributed by atoms with van der Waals surface area (Å²) in [6, 6.07) is 12.0. The van der Waals surface area contributed by atoms with Crippen molar-refractivity contribution >= 4 is 34.7 Å². The molecule has 0 saturated carbocycles. The van der Waals surface area contributed by atoms with Crippen molar-refractivity contribution in [1.29, 1.82) is 0 Å². The van der Waals surface area contributed by atoms with E-state index in [2.05, 4.69) is 22.9 Å². The molecule has 27 heavy (non-hydrogen) atoms. The fourth-order valence-electron chi connectivity index (χ4n) is 3.59. The maximum atomic E-state index is 13.0. The lowest BCUT2D eigenvalue weighted by atomic mass is 9.98. The zero-order chi connectivity index (χ0) is 18.2. The van der Waals surface area contributed by atoms with Crippen LogP contribution in [-0.2, 0) is 11.2 Å². The van der Waals surface area contributed by atoms with Crippen LogP contribution >= 0.6 is 22.7 Å². The molecule has 1 atom stereocenters. The van der Waals surface area contributed by atoms with Crippen molar-refractivity contribution < 1.29 is 14.3 Å². The smallest absolute Gasteiger partial charge is 0.247 e. The van der Waals surface area contributed by atoms with Gasteiger partial charge in [-0.25, -0.2) is 0 Å².